The standard InChI is InChI=1S/C12H26N4O2S.HI/c1-4-14-12(15-5-6-19(13,17)18)16-8-10(2)7-11(3)9-16;/h10-11H,4-9H2,1-3H3,(H,14,15)(H2,13,17,18);1H. The van der Waals surface area contributed by atoms with E-state index in [1.54, 1.807) is 0 Å². The minimum Gasteiger partial charge on any atom is -0.357 e. The van der Waals surface area contributed by atoms with E-state index in [1.807, 2.05) is 6.92 Å². The SMILES string of the molecule is CCNC(=NCCS(N)(=O)=O)N1CC(C)CC(C)C1.I. The molecule has 20 heavy (non-hydrogen) atoms. The van der Waals surface area contributed by atoms with Gasteiger partial charge in [0.25, 0.3) is 0 Å². The summed E-state index contributed by atoms with van der Waals surface area (Å²) in [5.41, 5.74) is 0. The molecule has 0 aromatic carbocycles. The monoisotopic (exact) mass is 418 g/mol. The smallest absolute Gasteiger partial charge is 0.210 e. The van der Waals surface area contributed by atoms with E-state index in [2.05, 4.69) is 29.1 Å². The Morgan fingerprint density at radius 3 is 2.35 bits per heavy atom. The van der Waals surface area contributed by atoms with E-state index in [9.17, 15) is 8.42 Å². The van der Waals surface area contributed by atoms with Crippen molar-refractivity contribution in [1.29, 1.82) is 0 Å². The number of rotatable bonds is 4. The Hall–Kier alpha value is -0.0900. The molecule has 2 unspecified atom stereocenters. The minimum atomic E-state index is -3.44. The number of hydrogen-bond donors (Lipinski definition) is 2. The van der Waals surface area contributed by atoms with E-state index >= 15 is 0 Å². The molecule has 0 aromatic heterocycles. The van der Waals surface area contributed by atoms with E-state index < -0.39 is 10.0 Å². The van der Waals surface area contributed by atoms with Gasteiger partial charge in [-0.15, -0.1) is 24.0 Å². The molecule has 120 valence electrons. The topological polar surface area (TPSA) is 87.8 Å². The Morgan fingerprint density at radius 1 is 1.35 bits per heavy atom. The molecule has 2 atom stereocenters. The fraction of sp³-hybridized carbons (Fsp3) is 0.917. The molecule has 6 nitrogen and oxygen atoms in total. The highest BCUT2D eigenvalue weighted by Crippen LogP contribution is 2.20. The highest BCUT2D eigenvalue weighted by molar-refractivity contribution is 14.0. The normalized spacial score (nSPS) is 24.2. The third-order valence-electron chi connectivity index (χ3n) is 3.14. The lowest BCUT2D eigenvalue weighted by atomic mass is 9.92. The number of nitrogens with two attached hydrogens (primary N) is 1. The summed E-state index contributed by atoms with van der Waals surface area (Å²) in [5, 5.41) is 8.21. The number of halogens is 1. The van der Waals surface area contributed by atoms with Crippen molar-refractivity contribution in [2.45, 2.75) is 27.2 Å². The van der Waals surface area contributed by atoms with Gasteiger partial charge < -0.3 is 10.2 Å². The molecule has 3 N–H and O–H groups in total. The molecule has 0 spiro atoms. The number of primary sulfonamides is 1. The Morgan fingerprint density at radius 2 is 1.90 bits per heavy atom. The van der Waals surface area contributed by atoms with Crippen LogP contribution in [0.4, 0.5) is 0 Å². The molecule has 1 aliphatic rings. The summed E-state index contributed by atoms with van der Waals surface area (Å²) >= 11 is 0. The Balaban J connectivity index is 0.00000361. The summed E-state index contributed by atoms with van der Waals surface area (Å²) < 4.78 is 21.9. The largest absolute Gasteiger partial charge is 0.357 e. The van der Waals surface area contributed by atoms with Gasteiger partial charge >= 0.3 is 0 Å². The van der Waals surface area contributed by atoms with Gasteiger partial charge in [-0.1, -0.05) is 13.8 Å². The molecule has 8 heteroatoms. The van der Waals surface area contributed by atoms with E-state index in [1.165, 1.54) is 6.42 Å². The van der Waals surface area contributed by atoms with Crippen molar-refractivity contribution in [3.05, 3.63) is 0 Å². The zero-order chi connectivity index (χ0) is 14.5. The van der Waals surface area contributed by atoms with Crippen molar-refractivity contribution in [3.8, 4) is 0 Å². The van der Waals surface area contributed by atoms with Crippen LogP contribution >= 0.6 is 24.0 Å². The maximum Gasteiger partial charge on any atom is 0.210 e. The van der Waals surface area contributed by atoms with Gasteiger partial charge in [0.1, 0.15) is 0 Å². The van der Waals surface area contributed by atoms with Gasteiger partial charge in [-0.25, -0.2) is 13.6 Å². The number of sulfonamides is 1. The first-order valence-corrected chi connectivity index (χ1v) is 8.57. The minimum absolute atomic E-state index is 0. The van der Waals surface area contributed by atoms with Crippen LogP contribution in [-0.2, 0) is 10.0 Å². The van der Waals surface area contributed by atoms with Crippen LogP contribution in [0.25, 0.3) is 0 Å². The molecule has 1 rings (SSSR count). The van der Waals surface area contributed by atoms with Crippen LogP contribution in [-0.4, -0.2) is 51.2 Å². The summed E-state index contributed by atoms with van der Waals surface area (Å²) in [5.74, 6) is 1.95. The van der Waals surface area contributed by atoms with E-state index in [0.717, 1.165) is 25.6 Å². The van der Waals surface area contributed by atoms with Crippen LogP contribution in [0, 0.1) is 11.8 Å². The zero-order valence-corrected chi connectivity index (χ0v) is 15.6. The Labute approximate surface area is 139 Å². The first-order chi connectivity index (χ1) is 8.81. The highest BCUT2D eigenvalue weighted by atomic mass is 127. The lowest BCUT2D eigenvalue weighted by Gasteiger charge is -2.37. The molecule has 0 aliphatic carbocycles. The number of guanidine groups is 1. The van der Waals surface area contributed by atoms with Crippen LogP contribution < -0.4 is 10.5 Å². The first-order valence-electron chi connectivity index (χ1n) is 6.85. The second-order valence-corrected chi connectivity index (χ2v) is 7.19. The molecular weight excluding hydrogens is 391 g/mol. The van der Waals surface area contributed by atoms with E-state index in [0.29, 0.717) is 11.8 Å². The first kappa shape index (κ1) is 19.9. The number of likely N-dealkylation sites (tertiary alicyclic amines) is 1. The van der Waals surface area contributed by atoms with Gasteiger partial charge in [-0.2, -0.15) is 0 Å². The molecule has 1 aliphatic heterocycles. The number of aliphatic imine (C=N–C) groups is 1. The summed E-state index contributed by atoms with van der Waals surface area (Å²) in [7, 11) is -3.44. The van der Waals surface area contributed by atoms with Crippen LogP contribution in [0.3, 0.4) is 0 Å². The van der Waals surface area contributed by atoms with Crippen LogP contribution in [0.1, 0.15) is 27.2 Å². The summed E-state index contributed by atoms with van der Waals surface area (Å²) in [6.07, 6.45) is 1.23. The quantitative estimate of drug-likeness (QED) is 0.402. The molecule has 0 amide bonds. The van der Waals surface area contributed by atoms with E-state index in [4.69, 9.17) is 5.14 Å². The van der Waals surface area contributed by atoms with Gasteiger partial charge in [0.15, 0.2) is 5.96 Å². The van der Waals surface area contributed by atoms with Gasteiger partial charge in [-0.3, -0.25) is 4.99 Å². The van der Waals surface area contributed by atoms with Crippen molar-refractivity contribution >= 4 is 40.0 Å². The number of hydrogen-bond acceptors (Lipinski definition) is 3. The third kappa shape index (κ3) is 7.63. The molecule has 1 saturated heterocycles. The average Bonchev–Trinajstić information content (AvgIpc) is 2.25. The van der Waals surface area contributed by atoms with Crippen molar-refractivity contribution in [2.75, 3.05) is 31.9 Å². The van der Waals surface area contributed by atoms with Gasteiger partial charge in [0, 0.05) is 19.6 Å². The Kier molecular flexibility index (Phi) is 8.99. The van der Waals surface area contributed by atoms with Crippen molar-refractivity contribution < 1.29 is 8.42 Å². The fourth-order valence-corrected chi connectivity index (χ4v) is 2.89. The van der Waals surface area contributed by atoms with Crippen LogP contribution in [0.2, 0.25) is 0 Å². The predicted octanol–water partition coefficient (Wildman–Crippen LogP) is 0.836. The molecular formula is C12H27IN4O2S. The lowest BCUT2D eigenvalue weighted by molar-refractivity contribution is 0.208. The Bertz CT molecular complexity index is 404. The van der Waals surface area contributed by atoms with Crippen molar-refractivity contribution in [2.24, 2.45) is 22.0 Å². The maximum absolute atomic E-state index is 10.9. The molecule has 0 bridgehead atoms. The van der Waals surface area contributed by atoms with Crippen LogP contribution in [0.15, 0.2) is 4.99 Å². The van der Waals surface area contributed by atoms with E-state index in [-0.39, 0.29) is 36.3 Å². The van der Waals surface area contributed by atoms with Gasteiger partial charge in [0.05, 0.1) is 12.3 Å². The average molecular weight is 418 g/mol. The lowest BCUT2D eigenvalue weighted by Crippen LogP contribution is -2.48. The number of nitrogens with one attached hydrogen (secondary N) is 1. The van der Waals surface area contributed by atoms with Gasteiger partial charge in [-0.05, 0) is 25.2 Å². The van der Waals surface area contributed by atoms with Crippen LogP contribution in [0.5, 0.6) is 0 Å². The number of piperidine rings is 1. The molecule has 0 saturated carbocycles. The van der Waals surface area contributed by atoms with Crippen molar-refractivity contribution in [3.63, 3.8) is 0 Å². The summed E-state index contributed by atoms with van der Waals surface area (Å²) in [6, 6.07) is 0. The number of nitrogens with zero attached hydrogens (tertiary/aromatic N) is 2. The molecule has 1 fully saturated rings. The molecule has 0 radical (unpaired) electrons. The molecule has 0 aromatic rings. The maximum atomic E-state index is 10.9. The van der Waals surface area contributed by atoms with Crippen molar-refractivity contribution in [1.82, 2.24) is 10.2 Å². The van der Waals surface area contributed by atoms with Gasteiger partial charge in [0.2, 0.25) is 10.0 Å². The molecule has 1 heterocycles. The summed E-state index contributed by atoms with van der Waals surface area (Å²) in [4.78, 5) is 6.58. The zero-order valence-electron chi connectivity index (χ0n) is 12.5. The highest BCUT2D eigenvalue weighted by Gasteiger charge is 2.23. The fourth-order valence-electron chi connectivity index (χ4n) is 2.54. The predicted molar refractivity (Wildman–Crippen MR) is 93.9 cm³/mol. The second-order valence-electron chi connectivity index (χ2n) is 5.45. The summed E-state index contributed by atoms with van der Waals surface area (Å²) in [6.45, 7) is 9.38. The third-order valence-corrected chi connectivity index (χ3v) is 3.89. The second kappa shape index (κ2) is 9.04.